The number of nitrogen functional groups attached to an aromatic ring is 2. The highest BCUT2D eigenvalue weighted by Crippen LogP contribution is 2.29. The summed E-state index contributed by atoms with van der Waals surface area (Å²) in [6.07, 6.45) is 0. The van der Waals surface area contributed by atoms with E-state index in [0.29, 0.717) is 10.7 Å². The maximum absolute atomic E-state index is 6.09. The molecule has 0 atom stereocenters. The lowest BCUT2D eigenvalue weighted by molar-refractivity contribution is 1.61. The van der Waals surface area contributed by atoms with Gasteiger partial charge < -0.3 is 11.5 Å². The molecule has 0 amide bonds. The highest BCUT2D eigenvalue weighted by atomic mass is 35.5. The molecule has 2 nitrogen and oxygen atoms in total. The first kappa shape index (κ1) is 12.4. The van der Waals surface area contributed by atoms with E-state index in [1.54, 1.807) is 6.07 Å². The van der Waals surface area contributed by atoms with Crippen LogP contribution in [0.3, 0.4) is 0 Å². The van der Waals surface area contributed by atoms with E-state index in [0.717, 1.165) is 16.8 Å². The van der Waals surface area contributed by atoms with Crippen molar-refractivity contribution in [1.29, 1.82) is 0 Å². The largest absolute Gasteiger partial charge is 0.399 e. The summed E-state index contributed by atoms with van der Waals surface area (Å²) >= 11 is 6.09. The van der Waals surface area contributed by atoms with Gasteiger partial charge in [-0.3, -0.25) is 0 Å². The third-order valence-corrected chi connectivity index (χ3v) is 2.53. The highest BCUT2D eigenvalue weighted by Gasteiger charge is 2.02. The molecule has 2 aromatic rings. The number of hydrogen-bond acceptors (Lipinski definition) is 2. The molecule has 0 aliphatic rings. The standard InChI is InChI=1S/C12H11ClN2.CH4/c13-12-7-10(15)5-6-11(12)8-1-3-9(14)4-2-8;/h1-7H,14-15H2;1H4. The third kappa shape index (κ3) is 2.47. The summed E-state index contributed by atoms with van der Waals surface area (Å²) in [5.74, 6) is 0. The number of benzene rings is 2. The van der Waals surface area contributed by atoms with E-state index >= 15 is 0 Å². The molecule has 16 heavy (non-hydrogen) atoms. The summed E-state index contributed by atoms with van der Waals surface area (Å²) in [4.78, 5) is 0. The Bertz CT molecular complexity index is 478. The normalized spacial score (nSPS) is 9.56. The summed E-state index contributed by atoms with van der Waals surface area (Å²) in [6, 6.07) is 13.1. The molecule has 0 aromatic heterocycles. The van der Waals surface area contributed by atoms with Gasteiger partial charge in [-0.25, -0.2) is 0 Å². The van der Waals surface area contributed by atoms with E-state index in [2.05, 4.69) is 0 Å². The zero-order chi connectivity index (χ0) is 10.8. The maximum atomic E-state index is 6.09. The molecule has 0 bridgehead atoms. The van der Waals surface area contributed by atoms with Crippen molar-refractivity contribution in [1.82, 2.24) is 0 Å². The molecule has 0 saturated carbocycles. The van der Waals surface area contributed by atoms with Crippen molar-refractivity contribution in [3.63, 3.8) is 0 Å². The van der Waals surface area contributed by atoms with E-state index in [1.165, 1.54) is 0 Å². The van der Waals surface area contributed by atoms with Crippen molar-refractivity contribution in [2.45, 2.75) is 7.43 Å². The second-order valence-corrected chi connectivity index (χ2v) is 3.77. The topological polar surface area (TPSA) is 52.0 Å². The van der Waals surface area contributed by atoms with Crippen molar-refractivity contribution in [2.24, 2.45) is 0 Å². The molecule has 0 saturated heterocycles. The fourth-order valence-electron chi connectivity index (χ4n) is 1.43. The van der Waals surface area contributed by atoms with Crippen LogP contribution in [-0.4, -0.2) is 0 Å². The van der Waals surface area contributed by atoms with Crippen molar-refractivity contribution in [2.75, 3.05) is 11.5 Å². The third-order valence-electron chi connectivity index (χ3n) is 2.21. The monoisotopic (exact) mass is 234 g/mol. The van der Waals surface area contributed by atoms with Gasteiger partial charge in [0.25, 0.3) is 0 Å². The smallest absolute Gasteiger partial charge is 0.0504 e. The van der Waals surface area contributed by atoms with Gasteiger partial charge in [0.15, 0.2) is 0 Å². The van der Waals surface area contributed by atoms with E-state index in [-0.39, 0.29) is 7.43 Å². The Morgan fingerprint density at radius 1 is 0.812 bits per heavy atom. The minimum absolute atomic E-state index is 0. The first-order chi connectivity index (χ1) is 7.16. The van der Waals surface area contributed by atoms with Crippen molar-refractivity contribution in [3.8, 4) is 11.1 Å². The minimum Gasteiger partial charge on any atom is -0.399 e. The minimum atomic E-state index is 0. The molecule has 0 spiro atoms. The van der Waals surface area contributed by atoms with Crippen LogP contribution >= 0.6 is 11.6 Å². The summed E-state index contributed by atoms with van der Waals surface area (Å²) in [5.41, 5.74) is 14.6. The Labute approximate surface area is 101 Å². The predicted molar refractivity (Wildman–Crippen MR) is 72.4 cm³/mol. The molecule has 2 rings (SSSR count). The highest BCUT2D eigenvalue weighted by molar-refractivity contribution is 6.33. The van der Waals surface area contributed by atoms with E-state index in [4.69, 9.17) is 23.1 Å². The SMILES string of the molecule is C.Nc1ccc(-c2ccc(N)cc2Cl)cc1. The zero-order valence-corrected chi connectivity index (χ0v) is 8.83. The number of hydrogen-bond donors (Lipinski definition) is 2. The molecule has 3 heteroatoms. The average molecular weight is 235 g/mol. The van der Waals surface area contributed by atoms with Crippen molar-refractivity contribution >= 4 is 23.0 Å². The lowest BCUT2D eigenvalue weighted by Gasteiger charge is -2.05. The van der Waals surface area contributed by atoms with Gasteiger partial charge in [0.05, 0.1) is 5.02 Å². The van der Waals surface area contributed by atoms with Crippen LogP contribution in [0.5, 0.6) is 0 Å². The lowest BCUT2D eigenvalue weighted by atomic mass is 10.1. The molecule has 0 fully saturated rings. The Hall–Kier alpha value is -1.67. The fourth-order valence-corrected chi connectivity index (χ4v) is 1.73. The second-order valence-electron chi connectivity index (χ2n) is 3.36. The van der Waals surface area contributed by atoms with E-state index in [9.17, 15) is 0 Å². The number of halogens is 1. The molecule has 4 N–H and O–H groups in total. The van der Waals surface area contributed by atoms with Crippen LogP contribution in [0.25, 0.3) is 11.1 Å². The van der Waals surface area contributed by atoms with Crippen LogP contribution < -0.4 is 11.5 Å². The molecule has 0 aliphatic carbocycles. The zero-order valence-electron chi connectivity index (χ0n) is 8.07. The summed E-state index contributed by atoms with van der Waals surface area (Å²) in [5, 5.41) is 0.653. The van der Waals surface area contributed by atoms with Gasteiger partial charge in [0.2, 0.25) is 0 Å². The summed E-state index contributed by atoms with van der Waals surface area (Å²) in [6.45, 7) is 0. The van der Waals surface area contributed by atoms with Crippen molar-refractivity contribution in [3.05, 3.63) is 47.5 Å². The molecule has 2 aromatic carbocycles. The molecule has 84 valence electrons. The maximum Gasteiger partial charge on any atom is 0.0504 e. The summed E-state index contributed by atoms with van der Waals surface area (Å²) < 4.78 is 0. The first-order valence-corrected chi connectivity index (χ1v) is 4.95. The fraction of sp³-hybridized carbons (Fsp3) is 0.0769. The Balaban J connectivity index is 0.00000128. The van der Waals surface area contributed by atoms with Gasteiger partial charge in [0, 0.05) is 16.9 Å². The second kappa shape index (κ2) is 4.90. The van der Waals surface area contributed by atoms with E-state index in [1.807, 2.05) is 36.4 Å². The van der Waals surface area contributed by atoms with Crippen LogP contribution in [0, 0.1) is 0 Å². The number of rotatable bonds is 1. The van der Waals surface area contributed by atoms with Crippen LogP contribution in [0.1, 0.15) is 7.43 Å². The van der Waals surface area contributed by atoms with Gasteiger partial charge in [-0.1, -0.05) is 37.2 Å². The van der Waals surface area contributed by atoms with Gasteiger partial charge in [-0.2, -0.15) is 0 Å². The first-order valence-electron chi connectivity index (χ1n) is 4.58. The summed E-state index contributed by atoms with van der Waals surface area (Å²) in [7, 11) is 0. The van der Waals surface area contributed by atoms with Crippen LogP contribution in [0.15, 0.2) is 42.5 Å². The van der Waals surface area contributed by atoms with Crippen molar-refractivity contribution < 1.29 is 0 Å². The van der Waals surface area contributed by atoms with Gasteiger partial charge in [0.1, 0.15) is 0 Å². The molecule has 0 aliphatic heterocycles. The molecule has 0 radical (unpaired) electrons. The van der Waals surface area contributed by atoms with Gasteiger partial charge >= 0.3 is 0 Å². The average Bonchev–Trinajstić information content (AvgIpc) is 2.20. The number of anilines is 2. The Morgan fingerprint density at radius 3 is 1.94 bits per heavy atom. The Kier molecular flexibility index (Phi) is 3.80. The molecular formula is C13H15ClN2. The van der Waals surface area contributed by atoms with Gasteiger partial charge in [-0.15, -0.1) is 0 Å². The van der Waals surface area contributed by atoms with Crippen LogP contribution in [0.2, 0.25) is 5.02 Å². The molecular weight excluding hydrogens is 220 g/mol. The lowest BCUT2D eigenvalue weighted by Crippen LogP contribution is -1.87. The molecule has 0 unspecified atom stereocenters. The van der Waals surface area contributed by atoms with Gasteiger partial charge in [-0.05, 0) is 29.8 Å². The van der Waals surface area contributed by atoms with E-state index < -0.39 is 0 Å². The predicted octanol–water partition coefficient (Wildman–Crippen LogP) is 3.81. The quantitative estimate of drug-likeness (QED) is 0.738. The Morgan fingerprint density at radius 2 is 1.38 bits per heavy atom. The van der Waals surface area contributed by atoms with Crippen LogP contribution in [0.4, 0.5) is 11.4 Å². The number of nitrogens with two attached hydrogens (primary N) is 2. The van der Waals surface area contributed by atoms with Crippen LogP contribution in [-0.2, 0) is 0 Å². The molecule has 0 heterocycles.